The van der Waals surface area contributed by atoms with Crippen molar-refractivity contribution >= 4 is 22.7 Å². The lowest BCUT2D eigenvalue weighted by Gasteiger charge is -2.14. The molecule has 4 aromatic rings. The lowest BCUT2D eigenvalue weighted by atomic mass is 10.0. The summed E-state index contributed by atoms with van der Waals surface area (Å²) in [6.45, 7) is 2.19. The van der Waals surface area contributed by atoms with Gasteiger partial charge in [-0.3, -0.25) is 9.59 Å². The van der Waals surface area contributed by atoms with Crippen molar-refractivity contribution in [2.24, 2.45) is 0 Å². The molecule has 0 unspecified atom stereocenters. The number of esters is 1. The van der Waals surface area contributed by atoms with E-state index in [1.54, 1.807) is 37.6 Å². The number of nitrogens with zero attached hydrogens (tertiary/aromatic N) is 1. The van der Waals surface area contributed by atoms with Gasteiger partial charge in [0.25, 0.3) is 0 Å². The van der Waals surface area contributed by atoms with E-state index in [4.69, 9.17) is 14.2 Å². The number of carbonyl (C=O) groups excluding carboxylic acids is 2. The van der Waals surface area contributed by atoms with E-state index in [1.807, 2.05) is 47.0 Å². The lowest BCUT2D eigenvalue weighted by molar-refractivity contribution is -0.134. The molecule has 6 heteroatoms. The van der Waals surface area contributed by atoms with Gasteiger partial charge in [0, 0.05) is 23.4 Å². The Labute approximate surface area is 224 Å². The number of aromatic nitrogens is 1. The number of unbranched alkanes of at least 4 members (excludes halogenated alkanes) is 5. The Morgan fingerprint density at radius 3 is 2.29 bits per heavy atom. The van der Waals surface area contributed by atoms with E-state index < -0.39 is 0 Å². The normalized spacial score (nSPS) is 10.9. The molecule has 6 nitrogen and oxygen atoms in total. The summed E-state index contributed by atoms with van der Waals surface area (Å²) in [6.07, 6.45) is 8.82. The van der Waals surface area contributed by atoms with Gasteiger partial charge in [0.2, 0.25) is 0 Å². The molecule has 0 bridgehead atoms. The molecule has 0 radical (unpaired) electrons. The molecule has 0 amide bonds. The highest BCUT2D eigenvalue weighted by Crippen LogP contribution is 2.34. The van der Waals surface area contributed by atoms with Crippen molar-refractivity contribution in [2.75, 3.05) is 14.2 Å². The van der Waals surface area contributed by atoms with Crippen LogP contribution in [0.4, 0.5) is 0 Å². The van der Waals surface area contributed by atoms with E-state index >= 15 is 0 Å². The van der Waals surface area contributed by atoms with E-state index in [1.165, 1.54) is 26.4 Å². The summed E-state index contributed by atoms with van der Waals surface area (Å²) in [6, 6.07) is 20.3. The molecule has 4 rings (SSSR count). The van der Waals surface area contributed by atoms with Gasteiger partial charge in [0.05, 0.1) is 37.2 Å². The predicted octanol–water partition coefficient (Wildman–Crippen LogP) is 7.53. The Morgan fingerprint density at radius 1 is 0.763 bits per heavy atom. The zero-order valence-corrected chi connectivity index (χ0v) is 22.4. The van der Waals surface area contributed by atoms with Gasteiger partial charge < -0.3 is 18.8 Å². The summed E-state index contributed by atoms with van der Waals surface area (Å²) in [7, 11) is 3.10. The minimum atomic E-state index is -0.240. The first kappa shape index (κ1) is 27.0. The van der Waals surface area contributed by atoms with Crippen LogP contribution in [0.2, 0.25) is 0 Å². The van der Waals surface area contributed by atoms with E-state index in [2.05, 4.69) is 6.92 Å². The summed E-state index contributed by atoms with van der Waals surface area (Å²) in [5, 5.41) is 0.813. The number of para-hydroxylation sites is 2. The highest BCUT2D eigenvalue weighted by atomic mass is 16.5. The first-order chi connectivity index (χ1) is 18.6. The molecule has 0 saturated carbocycles. The molecule has 0 aliphatic rings. The number of ketones is 1. The van der Waals surface area contributed by atoms with Crippen LogP contribution in [0.15, 0.2) is 72.9 Å². The van der Waals surface area contributed by atoms with Crippen molar-refractivity contribution in [2.45, 2.75) is 51.9 Å². The molecule has 0 aliphatic heterocycles. The van der Waals surface area contributed by atoms with Crippen LogP contribution in [0.3, 0.4) is 0 Å². The molecular weight excluding hydrogens is 478 g/mol. The van der Waals surface area contributed by atoms with Crippen LogP contribution in [0, 0.1) is 0 Å². The Morgan fingerprint density at radius 2 is 1.50 bits per heavy atom. The molecule has 1 aromatic heterocycles. The van der Waals surface area contributed by atoms with Crippen molar-refractivity contribution in [1.82, 2.24) is 4.57 Å². The first-order valence-corrected chi connectivity index (χ1v) is 13.2. The van der Waals surface area contributed by atoms with Crippen molar-refractivity contribution < 1.29 is 23.8 Å². The van der Waals surface area contributed by atoms with Crippen molar-refractivity contribution in [3.63, 3.8) is 0 Å². The molecule has 198 valence electrons. The molecule has 0 saturated heterocycles. The molecule has 0 fully saturated rings. The summed E-state index contributed by atoms with van der Waals surface area (Å²) in [5.41, 5.74) is 2.46. The maximum atomic E-state index is 13.7. The molecule has 0 atom stereocenters. The van der Waals surface area contributed by atoms with E-state index in [9.17, 15) is 9.59 Å². The Bertz CT molecular complexity index is 1400. The first-order valence-electron chi connectivity index (χ1n) is 13.2. The van der Waals surface area contributed by atoms with Gasteiger partial charge in [-0.25, -0.2) is 0 Å². The fourth-order valence-electron chi connectivity index (χ4n) is 4.66. The van der Waals surface area contributed by atoms with Crippen LogP contribution in [0.25, 0.3) is 16.6 Å². The topological polar surface area (TPSA) is 66.8 Å². The summed E-state index contributed by atoms with van der Waals surface area (Å²) >= 11 is 0. The Kier molecular flexibility index (Phi) is 9.20. The highest BCUT2D eigenvalue weighted by Gasteiger charge is 2.21. The minimum Gasteiger partial charge on any atom is -0.497 e. The van der Waals surface area contributed by atoms with Crippen LogP contribution in [-0.4, -0.2) is 30.5 Å². The fraction of sp³-hybridized carbons (Fsp3) is 0.312. The fourth-order valence-corrected chi connectivity index (χ4v) is 4.66. The number of hydrogen-bond acceptors (Lipinski definition) is 5. The van der Waals surface area contributed by atoms with Gasteiger partial charge in [-0.05, 0) is 42.8 Å². The molecule has 0 spiro atoms. The molecule has 38 heavy (non-hydrogen) atoms. The van der Waals surface area contributed by atoms with E-state index in [0.29, 0.717) is 40.5 Å². The minimum absolute atomic E-state index is 0.181. The van der Waals surface area contributed by atoms with Gasteiger partial charge in [0.1, 0.15) is 11.5 Å². The standard InChI is InChI=1S/C32H35NO5/c1-4-5-6-7-8-9-18-31(34)38-30-22-33(27-16-12-10-14-24(27)30)28-17-13-11-15-25(28)32(35)26-20-19-23(36-2)21-29(26)37-3/h10-17,19-22H,4-9,18H2,1-3H3. The SMILES string of the molecule is CCCCCCCCC(=O)Oc1cn(-c2ccccc2C(=O)c2ccc(OC)cc2OC)c2ccccc12. The van der Waals surface area contributed by atoms with E-state index in [-0.39, 0.29) is 11.8 Å². The molecule has 3 aromatic carbocycles. The largest absolute Gasteiger partial charge is 0.497 e. The third-order valence-corrected chi connectivity index (χ3v) is 6.70. The summed E-state index contributed by atoms with van der Waals surface area (Å²) < 4.78 is 18.5. The number of hydrogen-bond donors (Lipinski definition) is 0. The average molecular weight is 514 g/mol. The second-order valence-corrected chi connectivity index (χ2v) is 9.28. The van der Waals surface area contributed by atoms with Gasteiger partial charge in [0.15, 0.2) is 11.5 Å². The third kappa shape index (κ3) is 6.08. The third-order valence-electron chi connectivity index (χ3n) is 6.70. The van der Waals surface area contributed by atoms with Crippen LogP contribution in [-0.2, 0) is 4.79 Å². The Hall–Kier alpha value is -4.06. The number of rotatable bonds is 13. The van der Waals surface area contributed by atoms with Gasteiger partial charge in [-0.2, -0.15) is 0 Å². The quantitative estimate of drug-likeness (QED) is 0.105. The molecule has 0 N–H and O–H groups in total. The second kappa shape index (κ2) is 13.0. The van der Waals surface area contributed by atoms with Crippen molar-refractivity contribution in [1.29, 1.82) is 0 Å². The molecule has 1 heterocycles. The Balaban J connectivity index is 1.63. The smallest absolute Gasteiger partial charge is 0.311 e. The zero-order valence-electron chi connectivity index (χ0n) is 22.4. The number of methoxy groups -OCH3 is 2. The number of benzene rings is 3. The summed E-state index contributed by atoms with van der Waals surface area (Å²) in [5.74, 6) is 1.11. The van der Waals surface area contributed by atoms with Crippen LogP contribution in [0.1, 0.15) is 67.8 Å². The van der Waals surface area contributed by atoms with Crippen molar-refractivity contribution in [3.05, 3.63) is 84.1 Å². The number of ether oxygens (including phenoxy) is 3. The van der Waals surface area contributed by atoms with Crippen LogP contribution >= 0.6 is 0 Å². The number of fused-ring (bicyclic) bond motifs is 1. The highest BCUT2D eigenvalue weighted by molar-refractivity contribution is 6.13. The molecular formula is C32H35NO5. The van der Waals surface area contributed by atoms with E-state index in [0.717, 1.165) is 30.2 Å². The van der Waals surface area contributed by atoms with Crippen molar-refractivity contribution in [3.8, 4) is 22.9 Å². The van der Waals surface area contributed by atoms with Gasteiger partial charge in [-0.15, -0.1) is 0 Å². The summed E-state index contributed by atoms with van der Waals surface area (Å²) in [4.78, 5) is 26.4. The second-order valence-electron chi connectivity index (χ2n) is 9.28. The zero-order chi connectivity index (χ0) is 26.9. The maximum Gasteiger partial charge on any atom is 0.311 e. The lowest BCUT2D eigenvalue weighted by Crippen LogP contribution is -2.09. The maximum absolute atomic E-state index is 13.7. The van der Waals surface area contributed by atoms with Gasteiger partial charge in [-0.1, -0.05) is 63.3 Å². The predicted molar refractivity (Wildman–Crippen MR) is 150 cm³/mol. The van der Waals surface area contributed by atoms with Crippen LogP contribution in [0.5, 0.6) is 17.2 Å². The monoisotopic (exact) mass is 513 g/mol. The van der Waals surface area contributed by atoms with Crippen LogP contribution < -0.4 is 14.2 Å². The number of carbonyl (C=O) groups is 2. The molecule has 0 aliphatic carbocycles. The average Bonchev–Trinajstić information content (AvgIpc) is 3.32. The van der Waals surface area contributed by atoms with Gasteiger partial charge >= 0.3 is 5.97 Å².